The molecule has 1 heterocycles. The van der Waals surface area contributed by atoms with Gasteiger partial charge in [0.15, 0.2) is 11.6 Å². The van der Waals surface area contributed by atoms with Crippen LogP contribution in [0.5, 0.6) is 5.75 Å². The SMILES string of the molecule is COc1ccc(CNc2ncnc3cc(Cl)ccc23)cc1F. The summed E-state index contributed by atoms with van der Waals surface area (Å²) in [6.07, 6.45) is 1.47. The van der Waals surface area contributed by atoms with Crippen molar-refractivity contribution in [1.29, 1.82) is 0 Å². The van der Waals surface area contributed by atoms with E-state index in [1.54, 1.807) is 24.3 Å². The number of fused-ring (bicyclic) bond motifs is 1. The fraction of sp³-hybridized carbons (Fsp3) is 0.125. The fourth-order valence-electron chi connectivity index (χ4n) is 2.18. The minimum atomic E-state index is -0.388. The number of halogens is 2. The topological polar surface area (TPSA) is 47.0 Å². The zero-order valence-corrected chi connectivity index (χ0v) is 12.6. The number of nitrogens with zero attached hydrogens (tertiary/aromatic N) is 2. The lowest BCUT2D eigenvalue weighted by Gasteiger charge is -2.09. The molecule has 0 saturated heterocycles. The van der Waals surface area contributed by atoms with E-state index in [2.05, 4.69) is 15.3 Å². The Balaban J connectivity index is 1.83. The summed E-state index contributed by atoms with van der Waals surface area (Å²) in [6, 6.07) is 10.3. The fourth-order valence-corrected chi connectivity index (χ4v) is 2.34. The van der Waals surface area contributed by atoms with Crippen LogP contribution in [0.4, 0.5) is 10.2 Å². The Morgan fingerprint density at radius 1 is 1.18 bits per heavy atom. The second kappa shape index (κ2) is 6.15. The highest BCUT2D eigenvalue weighted by Gasteiger charge is 2.06. The van der Waals surface area contributed by atoms with E-state index in [9.17, 15) is 4.39 Å². The van der Waals surface area contributed by atoms with Gasteiger partial charge in [0.05, 0.1) is 12.6 Å². The number of rotatable bonds is 4. The van der Waals surface area contributed by atoms with E-state index in [0.29, 0.717) is 17.4 Å². The van der Waals surface area contributed by atoms with Crippen LogP contribution in [0.1, 0.15) is 5.56 Å². The molecule has 0 radical (unpaired) electrons. The molecule has 0 atom stereocenters. The Labute approximate surface area is 131 Å². The van der Waals surface area contributed by atoms with Gasteiger partial charge < -0.3 is 10.1 Å². The number of aromatic nitrogens is 2. The molecule has 4 nitrogen and oxygen atoms in total. The minimum absolute atomic E-state index is 0.228. The van der Waals surface area contributed by atoms with Gasteiger partial charge in [-0.05, 0) is 35.9 Å². The maximum atomic E-state index is 13.7. The maximum Gasteiger partial charge on any atom is 0.165 e. The molecule has 0 fully saturated rings. The average molecular weight is 318 g/mol. The molecule has 3 rings (SSSR count). The highest BCUT2D eigenvalue weighted by molar-refractivity contribution is 6.31. The van der Waals surface area contributed by atoms with Gasteiger partial charge in [-0.1, -0.05) is 17.7 Å². The van der Waals surface area contributed by atoms with E-state index in [1.807, 2.05) is 6.07 Å². The number of methoxy groups -OCH3 is 1. The van der Waals surface area contributed by atoms with Crippen molar-refractivity contribution in [1.82, 2.24) is 9.97 Å². The third-order valence-corrected chi connectivity index (χ3v) is 3.51. The van der Waals surface area contributed by atoms with Gasteiger partial charge in [0.2, 0.25) is 0 Å². The normalized spacial score (nSPS) is 10.7. The Bertz CT molecular complexity index is 826. The molecule has 0 bridgehead atoms. The summed E-state index contributed by atoms with van der Waals surface area (Å²) in [5, 5.41) is 4.67. The average Bonchev–Trinajstić information content (AvgIpc) is 2.52. The number of hydrogen-bond acceptors (Lipinski definition) is 4. The van der Waals surface area contributed by atoms with Crippen molar-refractivity contribution in [2.75, 3.05) is 12.4 Å². The van der Waals surface area contributed by atoms with E-state index >= 15 is 0 Å². The van der Waals surface area contributed by atoms with E-state index < -0.39 is 0 Å². The largest absolute Gasteiger partial charge is 0.494 e. The third-order valence-electron chi connectivity index (χ3n) is 3.27. The first kappa shape index (κ1) is 14.5. The first-order valence-electron chi connectivity index (χ1n) is 6.64. The Hall–Kier alpha value is -2.40. The second-order valence-corrected chi connectivity index (χ2v) is 5.14. The molecule has 2 aromatic carbocycles. The smallest absolute Gasteiger partial charge is 0.165 e. The van der Waals surface area contributed by atoms with Gasteiger partial charge in [0, 0.05) is 17.0 Å². The first-order valence-corrected chi connectivity index (χ1v) is 7.02. The molecule has 1 aromatic heterocycles. The van der Waals surface area contributed by atoms with Crippen molar-refractivity contribution in [3.05, 3.63) is 59.1 Å². The zero-order chi connectivity index (χ0) is 15.5. The van der Waals surface area contributed by atoms with Gasteiger partial charge in [-0.25, -0.2) is 14.4 Å². The monoisotopic (exact) mass is 317 g/mol. The van der Waals surface area contributed by atoms with Gasteiger partial charge in [0.25, 0.3) is 0 Å². The lowest BCUT2D eigenvalue weighted by Crippen LogP contribution is -2.03. The molecule has 1 N–H and O–H groups in total. The van der Waals surface area contributed by atoms with Crippen LogP contribution in [0.25, 0.3) is 10.9 Å². The molecule has 0 aliphatic carbocycles. The molecule has 0 aliphatic heterocycles. The molecule has 0 saturated carbocycles. The van der Waals surface area contributed by atoms with E-state index in [1.165, 1.54) is 19.5 Å². The van der Waals surface area contributed by atoms with Crippen LogP contribution in [-0.4, -0.2) is 17.1 Å². The van der Waals surface area contributed by atoms with Crippen molar-refractivity contribution in [3.8, 4) is 5.75 Å². The number of ether oxygens (including phenoxy) is 1. The van der Waals surface area contributed by atoms with Gasteiger partial charge in [0.1, 0.15) is 12.1 Å². The van der Waals surface area contributed by atoms with E-state index in [-0.39, 0.29) is 11.6 Å². The van der Waals surface area contributed by atoms with Crippen LogP contribution < -0.4 is 10.1 Å². The minimum Gasteiger partial charge on any atom is -0.494 e. The van der Waals surface area contributed by atoms with Crippen molar-refractivity contribution < 1.29 is 9.13 Å². The van der Waals surface area contributed by atoms with Crippen LogP contribution in [0.3, 0.4) is 0 Å². The van der Waals surface area contributed by atoms with Crippen LogP contribution in [0.2, 0.25) is 5.02 Å². The predicted octanol–water partition coefficient (Wildman–Crippen LogP) is 4.04. The number of benzene rings is 2. The van der Waals surface area contributed by atoms with Gasteiger partial charge in [-0.2, -0.15) is 0 Å². The van der Waals surface area contributed by atoms with E-state index in [4.69, 9.17) is 16.3 Å². The summed E-state index contributed by atoms with van der Waals surface area (Å²) < 4.78 is 18.6. The van der Waals surface area contributed by atoms with Crippen LogP contribution in [0.15, 0.2) is 42.7 Å². The molecule has 0 spiro atoms. The zero-order valence-electron chi connectivity index (χ0n) is 11.8. The Morgan fingerprint density at radius 3 is 2.82 bits per heavy atom. The quantitative estimate of drug-likeness (QED) is 0.789. The first-order chi connectivity index (χ1) is 10.7. The Kier molecular flexibility index (Phi) is 4.06. The van der Waals surface area contributed by atoms with Gasteiger partial charge >= 0.3 is 0 Å². The summed E-state index contributed by atoms with van der Waals surface area (Å²) in [6.45, 7) is 0.440. The van der Waals surface area contributed by atoms with Gasteiger partial charge in [-0.3, -0.25) is 0 Å². The molecule has 22 heavy (non-hydrogen) atoms. The predicted molar refractivity (Wildman–Crippen MR) is 84.8 cm³/mol. The molecule has 0 amide bonds. The molecule has 0 aliphatic rings. The highest BCUT2D eigenvalue weighted by Crippen LogP contribution is 2.23. The summed E-state index contributed by atoms with van der Waals surface area (Å²) in [5.41, 5.74) is 1.55. The van der Waals surface area contributed by atoms with Crippen LogP contribution >= 0.6 is 11.6 Å². The van der Waals surface area contributed by atoms with Gasteiger partial charge in [-0.15, -0.1) is 0 Å². The van der Waals surface area contributed by atoms with Crippen LogP contribution in [0, 0.1) is 5.82 Å². The van der Waals surface area contributed by atoms with Crippen molar-refractivity contribution >= 4 is 28.3 Å². The molecule has 112 valence electrons. The van der Waals surface area contributed by atoms with Crippen molar-refractivity contribution in [2.24, 2.45) is 0 Å². The third kappa shape index (κ3) is 2.94. The number of nitrogens with one attached hydrogen (secondary N) is 1. The summed E-state index contributed by atoms with van der Waals surface area (Å²) in [7, 11) is 1.44. The number of hydrogen-bond donors (Lipinski definition) is 1. The molecular formula is C16H13ClFN3O. The maximum absolute atomic E-state index is 13.7. The highest BCUT2D eigenvalue weighted by atomic mass is 35.5. The summed E-state index contributed by atoms with van der Waals surface area (Å²) >= 11 is 5.96. The van der Waals surface area contributed by atoms with Crippen molar-refractivity contribution in [3.63, 3.8) is 0 Å². The lowest BCUT2D eigenvalue weighted by molar-refractivity contribution is 0.386. The van der Waals surface area contributed by atoms with E-state index in [0.717, 1.165) is 16.5 Å². The van der Waals surface area contributed by atoms with Crippen LogP contribution in [-0.2, 0) is 6.54 Å². The molecule has 6 heteroatoms. The summed E-state index contributed by atoms with van der Waals surface area (Å²) in [5.74, 6) is 0.518. The second-order valence-electron chi connectivity index (χ2n) is 4.71. The Morgan fingerprint density at radius 2 is 2.05 bits per heavy atom. The number of anilines is 1. The molecule has 3 aromatic rings. The lowest BCUT2D eigenvalue weighted by atomic mass is 10.2. The summed E-state index contributed by atoms with van der Waals surface area (Å²) in [4.78, 5) is 8.41. The molecule has 0 unspecified atom stereocenters. The van der Waals surface area contributed by atoms with Crippen molar-refractivity contribution in [2.45, 2.75) is 6.54 Å². The molecular weight excluding hydrogens is 305 g/mol. The standard InChI is InChI=1S/C16H13ClFN3O/c1-22-15-5-2-10(6-13(15)18)8-19-16-12-4-3-11(17)7-14(12)20-9-21-16/h2-7,9H,8H2,1H3,(H,19,20,21).